The van der Waals surface area contributed by atoms with E-state index < -0.39 is 28.9 Å². The lowest BCUT2D eigenvalue weighted by Gasteiger charge is -2.38. The number of nitrogen functional groups attached to an aromatic ring is 2. The van der Waals surface area contributed by atoms with Gasteiger partial charge in [0.1, 0.15) is 0 Å². The number of nitrogens with two attached hydrogens (primary N) is 2. The molecule has 8 heteroatoms. The lowest BCUT2D eigenvalue weighted by atomic mass is 9.73. The molecule has 0 heterocycles. The van der Waals surface area contributed by atoms with Gasteiger partial charge in [-0.05, 0) is 35.4 Å². The van der Waals surface area contributed by atoms with E-state index in [-0.39, 0.29) is 11.4 Å². The zero-order valence-electron chi connectivity index (χ0n) is 14.2. The quantitative estimate of drug-likeness (QED) is 0.522. The lowest BCUT2D eigenvalue weighted by molar-refractivity contribution is -0.288. The molecule has 0 spiro atoms. The average Bonchev–Trinajstić information content (AvgIpc) is 2.49. The Balaban J connectivity index is 0.00000105. The fourth-order valence-corrected chi connectivity index (χ4v) is 2.45. The molecule has 144 valence electrons. The van der Waals surface area contributed by atoms with Crippen LogP contribution in [0.4, 0.5) is 37.7 Å². The van der Waals surface area contributed by atoms with Gasteiger partial charge < -0.3 is 11.5 Å². The fourth-order valence-electron chi connectivity index (χ4n) is 2.45. The molecule has 0 aliphatic carbocycles. The first-order chi connectivity index (χ1) is 11.9. The molecule has 26 heavy (non-hydrogen) atoms. The average molecular weight is 378 g/mol. The first-order valence-electron chi connectivity index (χ1n) is 7.77. The normalized spacial score (nSPS) is 12.3. The van der Waals surface area contributed by atoms with Crippen LogP contribution in [0.15, 0.2) is 48.5 Å². The number of alkyl halides is 6. The van der Waals surface area contributed by atoms with Crippen LogP contribution in [0, 0.1) is 0 Å². The molecule has 0 aliphatic rings. The van der Waals surface area contributed by atoms with E-state index in [9.17, 15) is 26.3 Å². The van der Waals surface area contributed by atoms with E-state index in [2.05, 4.69) is 13.8 Å². The van der Waals surface area contributed by atoms with Crippen molar-refractivity contribution in [3.05, 3.63) is 59.7 Å². The highest BCUT2D eigenvalue weighted by Gasteiger charge is 2.72. The van der Waals surface area contributed by atoms with Crippen LogP contribution in [0.5, 0.6) is 0 Å². The van der Waals surface area contributed by atoms with Gasteiger partial charge in [0.15, 0.2) is 0 Å². The maximum absolute atomic E-state index is 13.7. The monoisotopic (exact) mass is 378 g/mol. The maximum Gasteiger partial charge on any atom is 0.411 e. The van der Waals surface area contributed by atoms with Crippen molar-refractivity contribution in [2.24, 2.45) is 0 Å². The first-order valence-corrected chi connectivity index (χ1v) is 7.77. The molecule has 0 aliphatic heterocycles. The Morgan fingerprint density at radius 1 is 0.615 bits per heavy atom. The van der Waals surface area contributed by atoms with Crippen molar-refractivity contribution in [1.29, 1.82) is 0 Å². The van der Waals surface area contributed by atoms with Gasteiger partial charge in [0.2, 0.25) is 5.41 Å². The molecule has 0 aromatic heterocycles. The summed E-state index contributed by atoms with van der Waals surface area (Å²) in [6.07, 6.45) is -9.98. The third kappa shape index (κ3) is 4.05. The minimum atomic E-state index is -5.61. The standard InChI is InChI=1S/C15H12F6N2.C3H8/c16-14(17,18)13(15(19,20)21,9-1-5-11(22)6-2-9)10-3-7-12(23)8-4-10;1-3-2/h1-8H,22-23H2;3H2,1-2H3. The molecule has 0 bridgehead atoms. The van der Waals surface area contributed by atoms with Crippen LogP contribution in [0.1, 0.15) is 31.4 Å². The number of halogens is 6. The van der Waals surface area contributed by atoms with Crippen molar-refractivity contribution in [3.63, 3.8) is 0 Å². The Labute approximate surface area is 147 Å². The second kappa shape index (κ2) is 7.88. The van der Waals surface area contributed by atoms with Crippen molar-refractivity contribution >= 4 is 11.4 Å². The Hall–Kier alpha value is -2.38. The number of rotatable bonds is 2. The van der Waals surface area contributed by atoms with Gasteiger partial charge in [-0.25, -0.2) is 0 Å². The van der Waals surface area contributed by atoms with Gasteiger partial charge in [0, 0.05) is 11.4 Å². The lowest BCUT2D eigenvalue weighted by Crippen LogP contribution is -2.54. The van der Waals surface area contributed by atoms with E-state index in [0.717, 1.165) is 48.5 Å². The Bertz CT molecular complexity index is 626. The molecule has 4 N–H and O–H groups in total. The van der Waals surface area contributed by atoms with Gasteiger partial charge in [0.25, 0.3) is 0 Å². The third-order valence-electron chi connectivity index (χ3n) is 3.54. The summed E-state index contributed by atoms with van der Waals surface area (Å²) in [5.41, 5.74) is 4.77. The van der Waals surface area contributed by atoms with Crippen molar-refractivity contribution in [3.8, 4) is 0 Å². The van der Waals surface area contributed by atoms with E-state index in [1.807, 2.05) is 0 Å². The van der Waals surface area contributed by atoms with Gasteiger partial charge in [-0.2, -0.15) is 26.3 Å². The summed E-state index contributed by atoms with van der Waals surface area (Å²) in [4.78, 5) is 0. The fraction of sp³-hybridized carbons (Fsp3) is 0.333. The summed E-state index contributed by atoms with van der Waals surface area (Å²) in [5.74, 6) is 0. The highest BCUT2D eigenvalue weighted by atomic mass is 19.4. The van der Waals surface area contributed by atoms with Gasteiger partial charge in [-0.15, -0.1) is 0 Å². The number of benzene rings is 2. The van der Waals surface area contributed by atoms with Crippen LogP contribution in [0.3, 0.4) is 0 Å². The molecule has 0 unspecified atom stereocenters. The number of anilines is 2. The molecular formula is C18H20F6N2. The van der Waals surface area contributed by atoms with Gasteiger partial charge in [0.05, 0.1) is 0 Å². The second-order valence-electron chi connectivity index (χ2n) is 5.70. The SMILES string of the molecule is CCC.Nc1ccc(C(c2ccc(N)cc2)(C(F)(F)F)C(F)(F)F)cc1. The molecule has 0 saturated carbocycles. The molecule has 0 amide bonds. The predicted molar refractivity (Wildman–Crippen MR) is 90.6 cm³/mol. The smallest absolute Gasteiger partial charge is 0.399 e. The Morgan fingerprint density at radius 2 is 0.846 bits per heavy atom. The largest absolute Gasteiger partial charge is 0.411 e. The van der Waals surface area contributed by atoms with Crippen molar-refractivity contribution in [2.45, 2.75) is 38.0 Å². The van der Waals surface area contributed by atoms with Gasteiger partial charge >= 0.3 is 12.4 Å². The van der Waals surface area contributed by atoms with Crippen molar-refractivity contribution in [2.75, 3.05) is 11.5 Å². The van der Waals surface area contributed by atoms with Crippen LogP contribution in [0.25, 0.3) is 0 Å². The Morgan fingerprint density at radius 3 is 1.04 bits per heavy atom. The first kappa shape index (κ1) is 21.7. The van der Waals surface area contributed by atoms with Crippen LogP contribution in [-0.2, 0) is 5.41 Å². The van der Waals surface area contributed by atoms with Gasteiger partial charge in [-0.3, -0.25) is 0 Å². The molecule has 2 aromatic rings. The van der Waals surface area contributed by atoms with E-state index >= 15 is 0 Å². The highest BCUT2D eigenvalue weighted by Crippen LogP contribution is 2.56. The van der Waals surface area contributed by atoms with E-state index in [1.54, 1.807) is 0 Å². The van der Waals surface area contributed by atoms with E-state index in [0.29, 0.717) is 0 Å². The summed E-state index contributed by atoms with van der Waals surface area (Å²) in [6.45, 7) is 4.25. The molecule has 0 saturated heterocycles. The van der Waals surface area contributed by atoms with Crippen molar-refractivity contribution < 1.29 is 26.3 Å². The van der Waals surface area contributed by atoms with Crippen LogP contribution >= 0.6 is 0 Å². The number of hydrogen-bond donors (Lipinski definition) is 2. The summed E-state index contributed by atoms with van der Waals surface area (Å²) in [7, 11) is 0. The summed E-state index contributed by atoms with van der Waals surface area (Å²) in [6, 6.07) is 6.91. The Kier molecular flexibility index (Phi) is 6.57. The zero-order chi connectivity index (χ0) is 20.2. The van der Waals surface area contributed by atoms with Crippen LogP contribution in [-0.4, -0.2) is 12.4 Å². The molecule has 2 nitrogen and oxygen atoms in total. The summed E-state index contributed by atoms with van der Waals surface area (Å²) in [5, 5.41) is 0. The predicted octanol–water partition coefficient (Wildman–Crippen LogP) is 5.68. The minimum Gasteiger partial charge on any atom is -0.399 e. The van der Waals surface area contributed by atoms with Crippen LogP contribution in [0.2, 0.25) is 0 Å². The zero-order valence-corrected chi connectivity index (χ0v) is 14.2. The molecular weight excluding hydrogens is 358 g/mol. The molecule has 0 fully saturated rings. The summed E-state index contributed by atoms with van der Waals surface area (Å²) >= 11 is 0. The second-order valence-corrected chi connectivity index (χ2v) is 5.70. The molecule has 0 radical (unpaired) electrons. The third-order valence-corrected chi connectivity index (χ3v) is 3.54. The molecule has 2 rings (SSSR count). The maximum atomic E-state index is 13.7. The van der Waals surface area contributed by atoms with Gasteiger partial charge in [-0.1, -0.05) is 44.5 Å². The number of hydrogen-bond acceptors (Lipinski definition) is 2. The van der Waals surface area contributed by atoms with E-state index in [4.69, 9.17) is 11.5 Å². The summed E-state index contributed by atoms with van der Waals surface area (Å²) < 4.78 is 82.0. The minimum absolute atomic E-state index is 0.0595. The molecule has 0 atom stereocenters. The van der Waals surface area contributed by atoms with Crippen molar-refractivity contribution in [1.82, 2.24) is 0 Å². The van der Waals surface area contributed by atoms with Crippen LogP contribution < -0.4 is 11.5 Å². The highest BCUT2D eigenvalue weighted by molar-refractivity contribution is 5.51. The molecule has 2 aromatic carbocycles. The topological polar surface area (TPSA) is 52.0 Å². The van der Waals surface area contributed by atoms with E-state index in [1.165, 1.54) is 6.42 Å².